The molecular formula is C20H27N2OSi2. The van der Waals surface area contributed by atoms with Gasteiger partial charge in [-0.25, -0.2) is 0 Å². The summed E-state index contributed by atoms with van der Waals surface area (Å²) in [6.45, 7) is 13.5. The fourth-order valence-corrected chi connectivity index (χ4v) is 7.34. The van der Waals surface area contributed by atoms with Crippen LogP contribution in [0.3, 0.4) is 0 Å². The molecular weight excluding hydrogens is 340 g/mol. The third kappa shape index (κ3) is 5.12. The van der Waals surface area contributed by atoms with Crippen molar-refractivity contribution in [3.63, 3.8) is 0 Å². The van der Waals surface area contributed by atoms with Gasteiger partial charge in [-0.3, -0.25) is 9.97 Å². The summed E-state index contributed by atoms with van der Waals surface area (Å²) >= 11 is 0. The highest BCUT2D eigenvalue weighted by Gasteiger charge is 2.26. The zero-order valence-electron chi connectivity index (χ0n) is 16.0. The summed E-state index contributed by atoms with van der Waals surface area (Å²) in [5, 5.41) is 12.2. The Labute approximate surface area is 155 Å². The molecule has 25 heavy (non-hydrogen) atoms. The Morgan fingerprint density at radius 3 is 2.28 bits per heavy atom. The van der Waals surface area contributed by atoms with Gasteiger partial charge in [-0.1, -0.05) is 45.0 Å². The zero-order chi connectivity index (χ0) is 18.6. The van der Waals surface area contributed by atoms with Gasteiger partial charge in [0.25, 0.3) is 0 Å². The molecule has 2 heterocycles. The maximum atomic E-state index is 9.54. The lowest BCUT2D eigenvalue weighted by Gasteiger charge is -2.25. The van der Waals surface area contributed by atoms with Gasteiger partial charge < -0.3 is 5.11 Å². The van der Waals surface area contributed by atoms with Gasteiger partial charge in [0.2, 0.25) is 0 Å². The van der Waals surface area contributed by atoms with E-state index in [1.807, 2.05) is 12.3 Å². The van der Waals surface area contributed by atoms with Crippen LogP contribution < -0.4 is 10.4 Å². The summed E-state index contributed by atoms with van der Waals surface area (Å²) in [5.41, 5.74) is 6.66. The van der Waals surface area contributed by atoms with Crippen LogP contribution in [0.1, 0.15) is 41.5 Å². The van der Waals surface area contributed by atoms with Gasteiger partial charge in [-0.2, -0.15) is 0 Å². The third-order valence-electron chi connectivity index (χ3n) is 3.96. The predicted octanol–water partition coefficient (Wildman–Crippen LogP) is 3.62. The van der Waals surface area contributed by atoms with E-state index in [0.717, 1.165) is 11.4 Å². The highest BCUT2D eigenvalue weighted by molar-refractivity contribution is 6.77. The summed E-state index contributed by atoms with van der Waals surface area (Å²) in [6, 6.07) is 5.90. The summed E-state index contributed by atoms with van der Waals surface area (Å²) < 4.78 is 0. The molecule has 131 valence electrons. The molecule has 0 spiro atoms. The molecule has 3 radical (unpaired) electrons. The first-order chi connectivity index (χ1) is 11.8. The predicted molar refractivity (Wildman–Crippen MR) is 110 cm³/mol. The Morgan fingerprint density at radius 1 is 1.08 bits per heavy atom. The Balaban J connectivity index is 2.57. The first-order valence-corrected chi connectivity index (χ1v) is 11.4. The smallest absolute Gasteiger partial charge is 0.133 e. The van der Waals surface area contributed by atoms with Crippen LogP contribution in [0.25, 0.3) is 11.4 Å². The molecule has 0 aromatic carbocycles. The van der Waals surface area contributed by atoms with Gasteiger partial charge in [0, 0.05) is 6.20 Å². The van der Waals surface area contributed by atoms with E-state index in [1.54, 1.807) is 6.07 Å². The minimum atomic E-state index is -0.784. The molecule has 0 unspecified atom stereocenters. The minimum Gasteiger partial charge on any atom is -0.506 e. The van der Waals surface area contributed by atoms with E-state index in [1.165, 1.54) is 22.1 Å². The van der Waals surface area contributed by atoms with Crippen molar-refractivity contribution in [1.82, 2.24) is 9.97 Å². The first kappa shape index (κ1) is 19.6. The fraction of sp³-hybridized carbons (Fsp3) is 0.400. The molecule has 0 saturated heterocycles. The molecule has 2 aromatic heterocycles. The van der Waals surface area contributed by atoms with Crippen molar-refractivity contribution < 1.29 is 5.11 Å². The van der Waals surface area contributed by atoms with E-state index in [2.05, 4.69) is 58.3 Å². The lowest BCUT2D eigenvalue weighted by Crippen LogP contribution is -2.40. The normalized spacial score (nSPS) is 11.4. The second-order valence-corrected chi connectivity index (χ2v) is 12.1. The van der Waals surface area contributed by atoms with Crippen molar-refractivity contribution in [3.8, 4) is 17.1 Å². The van der Waals surface area contributed by atoms with Gasteiger partial charge in [-0.05, 0) is 47.4 Å². The fourth-order valence-electron chi connectivity index (χ4n) is 3.01. The Bertz CT molecular complexity index is 728. The van der Waals surface area contributed by atoms with Crippen LogP contribution in [-0.2, 0) is 0 Å². The Hall–Kier alpha value is -1.73. The van der Waals surface area contributed by atoms with E-state index >= 15 is 0 Å². The topological polar surface area (TPSA) is 46.0 Å². The molecule has 2 aromatic rings. The molecule has 0 amide bonds. The molecule has 0 aliphatic rings. The number of aromatic nitrogens is 2. The van der Waals surface area contributed by atoms with Crippen LogP contribution >= 0.6 is 0 Å². The maximum Gasteiger partial charge on any atom is 0.133 e. The average Bonchev–Trinajstić information content (AvgIpc) is 2.53. The van der Waals surface area contributed by atoms with Crippen molar-refractivity contribution in [1.29, 1.82) is 0 Å². The van der Waals surface area contributed by atoms with Crippen LogP contribution in [-0.4, -0.2) is 33.4 Å². The van der Waals surface area contributed by atoms with E-state index in [4.69, 9.17) is 4.98 Å². The molecule has 1 N–H and O–H groups in total. The second kappa shape index (κ2) is 8.58. The second-order valence-electron chi connectivity index (χ2n) is 7.15. The van der Waals surface area contributed by atoms with Crippen LogP contribution in [0, 0.1) is 0 Å². The number of pyridine rings is 2. The van der Waals surface area contributed by atoms with Crippen LogP contribution in [0.15, 0.2) is 41.9 Å². The summed E-state index contributed by atoms with van der Waals surface area (Å²) in [4.78, 5) is 9.21. The van der Waals surface area contributed by atoms with Crippen LogP contribution in [0.4, 0.5) is 0 Å². The molecule has 0 fully saturated rings. The number of aromatic hydroxyl groups is 1. The van der Waals surface area contributed by atoms with Gasteiger partial charge in [0.05, 0.1) is 26.4 Å². The molecule has 0 aliphatic heterocycles. The van der Waals surface area contributed by atoms with E-state index in [0.29, 0.717) is 20.6 Å². The first-order valence-electron chi connectivity index (χ1n) is 8.72. The molecule has 0 atom stereocenters. The molecule has 2 rings (SSSR count). The number of rotatable bonds is 6. The zero-order valence-corrected chi connectivity index (χ0v) is 18.0. The molecule has 0 bridgehead atoms. The summed E-state index contributed by atoms with van der Waals surface area (Å²) in [5.74, 6) is 0.185. The third-order valence-corrected chi connectivity index (χ3v) is 8.78. The maximum absolute atomic E-state index is 9.54. The number of hydrogen-bond donors (Lipinski definition) is 1. The monoisotopic (exact) mass is 367 g/mol. The lowest BCUT2D eigenvalue weighted by molar-refractivity contribution is 0.473. The van der Waals surface area contributed by atoms with Gasteiger partial charge >= 0.3 is 0 Å². The quantitative estimate of drug-likeness (QED) is 0.793. The van der Waals surface area contributed by atoms with Gasteiger partial charge in [0.1, 0.15) is 15.3 Å². The SMILES string of the molecule is CC(C)=C[Si]c1cnc(-c2ccc(O)cn2)c([Si](C(C)C)C(C)C)c1. The van der Waals surface area contributed by atoms with Crippen LogP contribution in [0.2, 0.25) is 11.1 Å². The molecule has 0 saturated carbocycles. The van der Waals surface area contributed by atoms with Gasteiger partial charge in [0.15, 0.2) is 0 Å². The average molecular weight is 368 g/mol. The number of allylic oxidation sites excluding steroid dienone is 1. The minimum absolute atomic E-state index is 0.185. The highest BCUT2D eigenvalue weighted by Crippen LogP contribution is 2.24. The highest BCUT2D eigenvalue weighted by atomic mass is 28.3. The number of hydrogen-bond acceptors (Lipinski definition) is 3. The van der Waals surface area contributed by atoms with E-state index < -0.39 is 8.80 Å². The van der Waals surface area contributed by atoms with E-state index in [-0.39, 0.29) is 5.75 Å². The Kier molecular flexibility index (Phi) is 6.73. The van der Waals surface area contributed by atoms with Crippen molar-refractivity contribution in [2.24, 2.45) is 0 Å². The largest absolute Gasteiger partial charge is 0.506 e. The van der Waals surface area contributed by atoms with Crippen molar-refractivity contribution >= 4 is 28.7 Å². The van der Waals surface area contributed by atoms with Gasteiger partial charge in [-0.15, -0.1) is 0 Å². The number of nitrogens with zero attached hydrogens (tertiary/aromatic N) is 2. The molecule has 3 nitrogen and oxygen atoms in total. The lowest BCUT2D eigenvalue weighted by atomic mass is 10.2. The van der Waals surface area contributed by atoms with Crippen LogP contribution in [0.5, 0.6) is 5.75 Å². The van der Waals surface area contributed by atoms with Crippen molar-refractivity contribution in [3.05, 3.63) is 41.9 Å². The Morgan fingerprint density at radius 2 is 1.76 bits per heavy atom. The standard InChI is InChI=1S/C20H27N2OSi2/c1-13(2)12-24-17-9-19(25(14(3)4)15(5)6)20(22-11-17)18-8-7-16(23)10-21-18/h7-12,14-15,23H,1-6H3. The summed E-state index contributed by atoms with van der Waals surface area (Å²) in [6.07, 6.45) is 3.47. The van der Waals surface area contributed by atoms with E-state index in [9.17, 15) is 5.11 Å². The van der Waals surface area contributed by atoms with Crippen molar-refractivity contribution in [2.75, 3.05) is 0 Å². The summed E-state index contributed by atoms with van der Waals surface area (Å²) in [7, 11) is -0.140. The molecule has 5 heteroatoms. The molecule has 0 aliphatic carbocycles. The van der Waals surface area contributed by atoms with Crippen molar-refractivity contribution in [2.45, 2.75) is 52.6 Å².